The summed E-state index contributed by atoms with van der Waals surface area (Å²) >= 11 is 0. The van der Waals surface area contributed by atoms with Crippen LogP contribution in [0, 0.1) is 0 Å². The average molecular weight is 283 g/mol. The van der Waals surface area contributed by atoms with Gasteiger partial charge in [0.25, 0.3) is 0 Å². The van der Waals surface area contributed by atoms with Crippen molar-refractivity contribution in [3.8, 4) is 0 Å². The van der Waals surface area contributed by atoms with Crippen LogP contribution in [0.3, 0.4) is 0 Å². The van der Waals surface area contributed by atoms with Crippen LogP contribution >= 0.6 is 0 Å². The minimum absolute atomic E-state index is 0.0244. The fourth-order valence-corrected chi connectivity index (χ4v) is 2.92. The Morgan fingerprint density at radius 3 is 2.21 bits per heavy atom. The number of nitrogens with one attached hydrogen (secondary N) is 3. The van der Waals surface area contributed by atoms with Crippen molar-refractivity contribution in [3.05, 3.63) is 38.9 Å². The summed E-state index contributed by atoms with van der Waals surface area (Å²) in [5.41, 5.74) is -0.966. The van der Waals surface area contributed by atoms with Crippen molar-refractivity contribution in [1.29, 1.82) is 0 Å². The molecule has 1 heterocycles. The monoisotopic (exact) mass is 283 g/mol. The summed E-state index contributed by atoms with van der Waals surface area (Å²) in [6, 6.07) is 3.86. The lowest BCUT2D eigenvalue weighted by Gasteiger charge is -2.09. The van der Waals surface area contributed by atoms with E-state index >= 15 is 0 Å². The van der Waals surface area contributed by atoms with Gasteiger partial charge in [0, 0.05) is 6.04 Å². The number of rotatable bonds is 3. The number of aromatic amines is 2. The molecule has 3 N–H and O–H groups in total. The van der Waals surface area contributed by atoms with Crippen molar-refractivity contribution in [2.75, 3.05) is 0 Å². The van der Waals surface area contributed by atoms with E-state index in [0.29, 0.717) is 5.52 Å². The first kappa shape index (κ1) is 13.5. The van der Waals surface area contributed by atoms with Crippen molar-refractivity contribution in [2.24, 2.45) is 0 Å². The van der Waals surface area contributed by atoms with Crippen LogP contribution in [0.25, 0.3) is 11.0 Å². The van der Waals surface area contributed by atoms with Crippen LogP contribution in [0.2, 0.25) is 0 Å². The number of H-pyrrole nitrogens is 2. The highest BCUT2D eigenvalue weighted by Gasteiger charge is 2.16. The molecular weight excluding hydrogens is 270 g/mol. The molecule has 19 heavy (non-hydrogen) atoms. The van der Waals surface area contributed by atoms with Crippen molar-refractivity contribution in [2.45, 2.75) is 24.8 Å². The molecule has 0 radical (unpaired) electrons. The second-order valence-electron chi connectivity index (χ2n) is 4.39. The molecule has 0 bridgehead atoms. The zero-order chi connectivity index (χ0) is 14.2. The van der Waals surface area contributed by atoms with Crippen molar-refractivity contribution in [1.82, 2.24) is 14.7 Å². The number of fused-ring (bicyclic) bond motifs is 1. The van der Waals surface area contributed by atoms with Gasteiger partial charge >= 0.3 is 11.1 Å². The lowest BCUT2D eigenvalue weighted by atomic mass is 10.3. The van der Waals surface area contributed by atoms with Gasteiger partial charge in [0.15, 0.2) is 0 Å². The average Bonchev–Trinajstić information content (AvgIpc) is 2.28. The third kappa shape index (κ3) is 2.74. The highest BCUT2D eigenvalue weighted by molar-refractivity contribution is 7.89. The molecule has 0 aliphatic carbocycles. The summed E-state index contributed by atoms with van der Waals surface area (Å²) in [6.07, 6.45) is 0. The predicted molar refractivity (Wildman–Crippen MR) is 70.6 cm³/mol. The molecule has 0 aliphatic heterocycles. The molecule has 1 aromatic carbocycles. The van der Waals surface area contributed by atoms with Crippen molar-refractivity contribution < 1.29 is 8.42 Å². The molecule has 0 atom stereocenters. The van der Waals surface area contributed by atoms with Gasteiger partial charge in [-0.25, -0.2) is 13.1 Å². The van der Waals surface area contributed by atoms with Crippen LogP contribution in [0.5, 0.6) is 0 Å². The lowest BCUT2D eigenvalue weighted by Crippen LogP contribution is -2.31. The van der Waals surface area contributed by atoms with Gasteiger partial charge in [0.2, 0.25) is 10.0 Å². The third-order valence-corrected chi connectivity index (χ3v) is 4.05. The maximum Gasteiger partial charge on any atom is 0.314 e. The normalized spacial score (nSPS) is 12.2. The van der Waals surface area contributed by atoms with E-state index in [-0.39, 0.29) is 16.5 Å². The van der Waals surface area contributed by atoms with E-state index in [1.807, 2.05) is 0 Å². The second-order valence-corrected chi connectivity index (χ2v) is 6.11. The van der Waals surface area contributed by atoms with Gasteiger partial charge in [-0.05, 0) is 32.0 Å². The van der Waals surface area contributed by atoms with Crippen LogP contribution in [-0.4, -0.2) is 24.4 Å². The van der Waals surface area contributed by atoms with Gasteiger partial charge in [-0.15, -0.1) is 0 Å². The molecule has 0 amide bonds. The molecule has 0 unspecified atom stereocenters. The Hall–Kier alpha value is -1.93. The first-order valence-electron chi connectivity index (χ1n) is 5.58. The second kappa shape index (κ2) is 4.63. The fraction of sp³-hybridized carbons (Fsp3) is 0.273. The molecule has 0 spiro atoms. The van der Waals surface area contributed by atoms with E-state index in [4.69, 9.17) is 0 Å². The molecule has 7 nitrogen and oxygen atoms in total. The van der Waals surface area contributed by atoms with Crippen LogP contribution in [0.15, 0.2) is 32.7 Å². The summed E-state index contributed by atoms with van der Waals surface area (Å²) in [7, 11) is -3.64. The van der Waals surface area contributed by atoms with E-state index in [2.05, 4.69) is 14.7 Å². The molecule has 8 heteroatoms. The van der Waals surface area contributed by atoms with Crippen molar-refractivity contribution >= 4 is 21.1 Å². The number of aromatic nitrogens is 2. The summed E-state index contributed by atoms with van der Waals surface area (Å²) in [5.74, 6) is 0. The standard InChI is InChI=1S/C11H13N3O4S/c1-6(2)14-19(17,18)7-3-4-8-9(5-7)13-11(16)10(15)12-8/h3-6,14H,1-2H3,(H,12,15)(H,13,16). The largest absolute Gasteiger partial charge is 0.316 e. The molecule has 102 valence electrons. The Bertz CT molecular complexity index is 833. The Kier molecular flexibility index (Phi) is 3.29. The Balaban J connectivity index is 2.62. The molecule has 2 aromatic rings. The Labute approximate surface area is 108 Å². The molecule has 0 saturated carbocycles. The van der Waals surface area contributed by atoms with Gasteiger partial charge < -0.3 is 9.97 Å². The highest BCUT2D eigenvalue weighted by Crippen LogP contribution is 2.14. The minimum atomic E-state index is -3.64. The Morgan fingerprint density at radius 2 is 1.63 bits per heavy atom. The summed E-state index contributed by atoms with van der Waals surface area (Å²) < 4.78 is 26.4. The zero-order valence-electron chi connectivity index (χ0n) is 10.4. The maximum absolute atomic E-state index is 12.0. The van der Waals surface area contributed by atoms with E-state index < -0.39 is 21.1 Å². The summed E-state index contributed by atoms with van der Waals surface area (Å²) in [5, 5.41) is 0. The molecule has 0 fully saturated rings. The molecule has 1 aromatic heterocycles. The molecule has 0 aliphatic rings. The predicted octanol–water partition coefficient (Wildman–Crippen LogP) is -0.0969. The van der Waals surface area contributed by atoms with E-state index in [1.54, 1.807) is 13.8 Å². The van der Waals surface area contributed by atoms with Crippen LogP contribution in [-0.2, 0) is 10.0 Å². The zero-order valence-corrected chi connectivity index (χ0v) is 11.2. The lowest BCUT2D eigenvalue weighted by molar-refractivity contribution is 0.570. The first-order valence-corrected chi connectivity index (χ1v) is 7.06. The van der Waals surface area contributed by atoms with Crippen molar-refractivity contribution in [3.63, 3.8) is 0 Å². The van der Waals surface area contributed by atoms with Gasteiger partial charge in [-0.3, -0.25) is 9.59 Å². The number of hydrogen-bond donors (Lipinski definition) is 3. The van der Waals surface area contributed by atoms with E-state index in [9.17, 15) is 18.0 Å². The minimum Gasteiger partial charge on any atom is -0.316 e. The topological polar surface area (TPSA) is 112 Å². The van der Waals surface area contributed by atoms with E-state index in [1.165, 1.54) is 18.2 Å². The summed E-state index contributed by atoms with van der Waals surface area (Å²) in [6.45, 7) is 3.41. The van der Waals surface area contributed by atoms with Crippen LogP contribution < -0.4 is 15.8 Å². The Morgan fingerprint density at radius 1 is 1.05 bits per heavy atom. The molecule has 2 rings (SSSR count). The van der Waals surface area contributed by atoms with Gasteiger partial charge in [-0.2, -0.15) is 0 Å². The van der Waals surface area contributed by atoms with Gasteiger partial charge in [-0.1, -0.05) is 0 Å². The third-order valence-electron chi connectivity index (χ3n) is 2.39. The highest BCUT2D eigenvalue weighted by atomic mass is 32.2. The first-order chi connectivity index (χ1) is 8.79. The number of benzene rings is 1. The van der Waals surface area contributed by atoms with Gasteiger partial charge in [0.05, 0.1) is 15.9 Å². The fourth-order valence-electron chi connectivity index (χ4n) is 1.64. The van der Waals surface area contributed by atoms with Crippen LogP contribution in [0.4, 0.5) is 0 Å². The quantitative estimate of drug-likeness (QED) is 0.683. The van der Waals surface area contributed by atoms with Gasteiger partial charge in [0.1, 0.15) is 0 Å². The smallest absolute Gasteiger partial charge is 0.314 e. The van der Waals surface area contributed by atoms with Crippen LogP contribution in [0.1, 0.15) is 13.8 Å². The van der Waals surface area contributed by atoms with E-state index in [0.717, 1.165) is 0 Å². The maximum atomic E-state index is 12.0. The molecular formula is C11H13N3O4S. The SMILES string of the molecule is CC(C)NS(=O)(=O)c1ccc2[nH]c(=O)c(=O)[nH]c2c1. The number of hydrogen-bond acceptors (Lipinski definition) is 4. The number of sulfonamides is 1. The molecule has 0 saturated heterocycles. The summed E-state index contributed by atoms with van der Waals surface area (Å²) in [4.78, 5) is 27.1.